The molecule has 8 nitrogen and oxygen atoms in total. The number of nitrogens with zero attached hydrogens (tertiary/aromatic N) is 4. The summed E-state index contributed by atoms with van der Waals surface area (Å²) in [5.74, 6) is 1.66. The number of hydrogen-bond acceptors (Lipinski definition) is 7. The van der Waals surface area contributed by atoms with E-state index >= 15 is 0 Å². The molecule has 0 aromatic carbocycles. The van der Waals surface area contributed by atoms with Gasteiger partial charge >= 0.3 is 0 Å². The van der Waals surface area contributed by atoms with Crippen LogP contribution in [0.5, 0.6) is 0 Å². The van der Waals surface area contributed by atoms with E-state index < -0.39 is 0 Å². The summed E-state index contributed by atoms with van der Waals surface area (Å²) in [6.45, 7) is 5.08. The van der Waals surface area contributed by atoms with Crippen molar-refractivity contribution in [2.24, 2.45) is 0 Å². The molecule has 1 aliphatic rings. The van der Waals surface area contributed by atoms with Crippen molar-refractivity contribution in [1.82, 2.24) is 20.4 Å². The second kappa shape index (κ2) is 8.27. The third-order valence-corrected chi connectivity index (χ3v) is 4.89. The van der Waals surface area contributed by atoms with Crippen LogP contribution in [-0.2, 0) is 16.0 Å². The SMILES string of the molecule is CO[C@@H]1C[C@H](CNC(=O)CCc2c(C)noc2C)N(c2ccncn2)C1. The lowest BCUT2D eigenvalue weighted by Crippen LogP contribution is -2.40. The highest BCUT2D eigenvalue weighted by Crippen LogP contribution is 2.24. The van der Waals surface area contributed by atoms with E-state index in [1.165, 1.54) is 6.33 Å². The molecule has 3 rings (SSSR count). The Labute approximate surface area is 152 Å². The van der Waals surface area contributed by atoms with Gasteiger partial charge in [0.1, 0.15) is 17.9 Å². The molecule has 0 unspecified atom stereocenters. The Kier molecular flexibility index (Phi) is 5.82. The maximum atomic E-state index is 12.3. The number of nitrogens with one attached hydrogen (secondary N) is 1. The smallest absolute Gasteiger partial charge is 0.220 e. The molecule has 3 heterocycles. The summed E-state index contributed by atoms with van der Waals surface area (Å²) in [6.07, 6.45) is 5.29. The fraction of sp³-hybridized carbons (Fsp3) is 0.556. The molecule has 0 aliphatic carbocycles. The van der Waals surface area contributed by atoms with Crippen LogP contribution in [0.2, 0.25) is 0 Å². The van der Waals surface area contributed by atoms with E-state index in [-0.39, 0.29) is 18.1 Å². The molecule has 1 aliphatic heterocycles. The van der Waals surface area contributed by atoms with Crippen molar-refractivity contribution in [2.45, 2.75) is 45.3 Å². The molecule has 1 fully saturated rings. The molecule has 140 valence electrons. The lowest BCUT2D eigenvalue weighted by Gasteiger charge is -2.25. The maximum absolute atomic E-state index is 12.3. The van der Waals surface area contributed by atoms with Crippen LogP contribution in [0.4, 0.5) is 5.82 Å². The Balaban J connectivity index is 1.54. The average molecular weight is 359 g/mol. The predicted octanol–water partition coefficient (Wildman–Crippen LogP) is 1.42. The van der Waals surface area contributed by atoms with Gasteiger partial charge in [-0.2, -0.15) is 0 Å². The molecule has 0 bridgehead atoms. The number of amides is 1. The Morgan fingerprint density at radius 2 is 2.31 bits per heavy atom. The van der Waals surface area contributed by atoms with Crippen LogP contribution >= 0.6 is 0 Å². The van der Waals surface area contributed by atoms with E-state index in [1.54, 1.807) is 13.3 Å². The molecule has 0 radical (unpaired) electrons. The lowest BCUT2D eigenvalue weighted by molar-refractivity contribution is -0.121. The van der Waals surface area contributed by atoms with Gasteiger partial charge in [-0.25, -0.2) is 9.97 Å². The molecule has 0 saturated carbocycles. The molecule has 2 aromatic heterocycles. The summed E-state index contributed by atoms with van der Waals surface area (Å²) >= 11 is 0. The topological polar surface area (TPSA) is 93.4 Å². The highest BCUT2D eigenvalue weighted by molar-refractivity contribution is 5.76. The minimum Gasteiger partial charge on any atom is -0.380 e. The predicted molar refractivity (Wildman–Crippen MR) is 95.9 cm³/mol. The van der Waals surface area contributed by atoms with Gasteiger partial charge in [-0.05, 0) is 32.8 Å². The summed E-state index contributed by atoms with van der Waals surface area (Å²) in [5, 5.41) is 6.96. The van der Waals surface area contributed by atoms with Crippen LogP contribution in [-0.4, -0.2) is 53.4 Å². The maximum Gasteiger partial charge on any atom is 0.220 e. The molecule has 0 spiro atoms. The number of aryl methyl sites for hydroxylation is 2. The van der Waals surface area contributed by atoms with Crippen molar-refractivity contribution in [1.29, 1.82) is 0 Å². The molecule has 1 amide bonds. The summed E-state index contributed by atoms with van der Waals surface area (Å²) in [4.78, 5) is 22.7. The Morgan fingerprint density at radius 1 is 1.46 bits per heavy atom. The number of carbonyl (C=O) groups is 1. The fourth-order valence-electron chi connectivity index (χ4n) is 3.39. The van der Waals surface area contributed by atoms with E-state index in [0.717, 1.165) is 35.8 Å². The summed E-state index contributed by atoms with van der Waals surface area (Å²) in [5.41, 5.74) is 1.87. The number of ether oxygens (including phenoxy) is 1. The van der Waals surface area contributed by atoms with Crippen LogP contribution in [0.3, 0.4) is 0 Å². The second-order valence-electron chi connectivity index (χ2n) is 6.57. The normalized spacial score (nSPS) is 19.7. The van der Waals surface area contributed by atoms with Crippen molar-refractivity contribution in [3.63, 3.8) is 0 Å². The van der Waals surface area contributed by atoms with E-state index in [0.29, 0.717) is 19.4 Å². The average Bonchev–Trinajstić information content (AvgIpc) is 3.22. The molecule has 26 heavy (non-hydrogen) atoms. The van der Waals surface area contributed by atoms with Gasteiger partial charge in [0, 0.05) is 38.4 Å². The van der Waals surface area contributed by atoms with Gasteiger partial charge in [0.2, 0.25) is 5.91 Å². The molecule has 2 aromatic rings. The molecular weight excluding hydrogens is 334 g/mol. The molecule has 8 heteroatoms. The van der Waals surface area contributed by atoms with Gasteiger partial charge in [-0.1, -0.05) is 5.16 Å². The first kappa shape index (κ1) is 18.3. The first-order valence-corrected chi connectivity index (χ1v) is 8.82. The van der Waals surface area contributed by atoms with E-state index in [2.05, 4.69) is 25.3 Å². The highest BCUT2D eigenvalue weighted by atomic mass is 16.5. The number of methoxy groups -OCH3 is 1. The van der Waals surface area contributed by atoms with E-state index in [9.17, 15) is 4.79 Å². The van der Waals surface area contributed by atoms with Crippen LogP contribution in [0.1, 0.15) is 29.9 Å². The molecular formula is C18H25N5O3. The number of anilines is 1. The Hall–Kier alpha value is -2.48. The zero-order valence-electron chi connectivity index (χ0n) is 15.4. The lowest BCUT2D eigenvalue weighted by atomic mass is 10.1. The van der Waals surface area contributed by atoms with E-state index in [1.807, 2.05) is 19.9 Å². The van der Waals surface area contributed by atoms with Gasteiger partial charge in [0.15, 0.2) is 0 Å². The third kappa shape index (κ3) is 4.19. The van der Waals surface area contributed by atoms with Gasteiger partial charge in [-0.15, -0.1) is 0 Å². The van der Waals surface area contributed by atoms with Gasteiger partial charge in [0.05, 0.1) is 17.8 Å². The van der Waals surface area contributed by atoms with Gasteiger partial charge in [0.25, 0.3) is 0 Å². The summed E-state index contributed by atoms with van der Waals surface area (Å²) in [6, 6.07) is 2.03. The number of hydrogen-bond donors (Lipinski definition) is 1. The quantitative estimate of drug-likeness (QED) is 0.799. The van der Waals surface area contributed by atoms with Gasteiger partial charge in [-0.3, -0.25) is 4.79 Å². The fourth-order valence-corrected chi connectivity index (χ4v) is 3.39. The minimum atomic E-state index is 0.0218. The monoisotopic (exact) mass is 359 g/mol. The zero-order valence-corrected chi connectivity index (χ0v) is 15.4. The van der Waals surface area contributed by atoms with Crippen molar-refractivity contribution in [3.8, 4) is 0 Å². The van der Waals surface area contributed by atoms with Gasteiger partial charge < -0.3 is 19.5 Å². The number of aromatic nitrogens is 3. The first-order chi connectivity index (χ1) is 12.6. The van der Waals surface area contributed by atoms with E-state index in [4.69, 9.17) is 9.26 Å². The Bertz CT molecular complexity index is 714. The highest BCUT2D eigenvalue weighted by Gasteiger charge is 2.33. The summed E-state index contributed by atoms with van der Waals surface area (Å²) < 4.78 is 10.6. The zero-order chi connectivity index (χ0) is 18.5. The van der Waals surface area contributed by atoms with Crippen LogP contribution in [0.25, 0.3) is 0 Å². The largest absolute Gasteiger partial charge is 0.380 e. The molecule has 2 atom stereocenters. The summed E-state index contributed by atoms with van der Waals surface area (Å²) in [7, 11) is 1.72. The van der Waals surface area contributed by atoms with Crippen molar-refractivity contribution >= 4 is 11.7 Å². The first-order valence-electron chi connectivity index (χ1n) is 8.82. The van der Waals surface area contributed by atoms with Crippen LogP contribution in [0, 0.1) is 13.8 Å². The van der Waals surface area contributed by atoms with Crippen molar-refractivity contribution < 1.29 is 14.1 Å². The number of rotatable bonds is 7. The number of carbonyl (C=O) groups excluding carboxylic acids is 1. The van der Waals surface area contributed by atoms with Crippen LogP contribution in [0.15, 0.2) is 23.1 Å². The van der Waals surface area contributed by atoms with Crippen LogP contribution < -0.4 is 10.2 Å². The van der Waals surface area contributed by atoms with Crippen molar-refractivity contribution in [2.75, 3.05) is 25.1 Å². The second-order valence-corrected chi connectivity index (χ2v) is 6.57. The minimum absolute atomic E-state index is 0.0218. The van der Waals surface area contributed by atoms with Crippen molar-refractivity contribution in [3.05, 3.63) is 35.6 Å². The Morgan fingerprint density at radius 3 is 2.96 bits per heavy atom. The molecule has 1 N–H and O–H groups in total. The third-order valence-electron chi connectivity index (χ3n) is 4.89. The molecule has 1 saturated heterocycles. The standard InChI is InChI=1S/C18H25N5O3/c1-12-16(13(2)26-22-12)4-5-18(24)20-9-14-8-15(25-3)10-23(14)17-6-7-19-11-21-17/h6-7,11,14-15H,4-5,8-10H2,1-3H3,(H,20,24)/t14-,15-/m1/s1.